The van der Waals surface area contributed by atoms with E-state index >= 15 is 0 Å². The van der Waals surface area contributed by atoms with E-state index in [1.54, 1.807) is 19.4 Å². The van der Waals surface area contributed by atoms with Crippen LogP contribution in [0.5, 0.6) is 5.75 Å². The highest BCUT2D eigenvalue weighted by Gasteiger charge is 2.17. The van der Waals surface area contributed by atoms with Crippen LogP contribution < -0.4 is 10.1 Å². The van der Waals surface area contributed by atoms with E-state index in [0.717, 1.165) is 22.6 Å². The van der Waals surface area contributed by atoms with Crippen molar-refractivity contribution in [3.63, 3.8) is 0 Å². The van der Waals surface area contributed by atoms with E-state index in [0.29, 0.717) is 12.8 Å². The monoisotopic (exact) mass is 365 g/mol. The predicted octanol–water partition coefficient (Wildman–Crippen LogP) is 3.67. The van der Waals surface area contributed by atoms with Crippen LogP contribution in [0.1, 0.15) is 17.5 Å². The number of nitrogens with one attached hydrogen (secondary N) is 1. The molecule has 0 saturated heterocycles. The highest BCUT2D eigenvalue weighted by molar-refractivity contribution is 5.92. The van der Waals surface area contributed by atoms with Crippen LogP contribution in [0.3, 0.4) is 0 Å². The van der Waals surface area contributed by atoms with E-state index in [1.807, 2.05) is 54.6 Å². The Morgan fingerprint density at radius 2 is 2.04 bits per heavy atom. The number of carbonyl (C=O) groups excluding carboxylic acids is 1. The highest BCUT2D eigenvalue weighted by atomic mass is 16.7. The van der Waals surface area contributed by atoms with E-state index in [4.69, 9.17) is 14.2 Å². The van der Waals surface area contributed by atoms with Gasteiger partial charge < -0.3 is 19.5 Å². The lowest BCUT2D eigenvalue weighted by Crippen LogP contribution is -2.35. The van der Waals surface area contributed by atoms with E-state index in [-0.39, 0.29) is 18.7 Å². The summed E-state index contributed by atoms with van der Waals surface area (Å²) in [5.74, 6) is 1.34. The molecule has 0 bridgehead atoms. The largest absolute Gasteiger partial charge is 0.497 e. The molecule has 0 saturated carbocycles. The van der Waals surface area contributed by atoms with Crippen molar-refractivity contribution in [2.45, 2.75) is 18.9 Å². The number of ether oxygens (including phenoxy) is 3. The molecule has 1 atom stereocenters. The van der Waals surface area contributed by atoms with Crippen LogP contribution in [0.4, 0.5) is 0 Å². The van der Waals surface area contributed by atoms with E-state index in [2.05, 4.69) is 5.32 Å². The molecular formula is C22H23NO4. The summed E-state index contributed by atoms with van der Waals surface area (Å²) in [5.41, 5.74) is 2.05. The predicted molar refractivity (Wildman–Crippen MR) is 104 cm³/mol. The third-order valence-electron chi connectivity index (χ3n) is 4.17. The standard InChI is InChI=1S/C22H23NO4/c1-25-20-9-5-8-18(13-20)10-11-22(24)23-19(14-21-15-26-16-27-21)12-17-6-3-2-4-7-17/h2-11,13,15,19H,12,14,16H2,1H3,(H,23,24). The van der Waals surface area contributed by atoms with Crippen LogP contribution in [-0.4, -0.2) is 25.9 Å². The van der Waals surface area contributed by atoms with E-state index in [1.165, 1.54) is 6.08 Å². The maximum atomic E-state index is 12.4. The first kappa shape index (κ1) is 18.6. The molecule has 5 heteroatoms. The molecular weight excluding hydrogens is 342 g/mol. The summed E-state index contributed by atoms with van der Waals surface area (Å²) >= 11 is 0. The molecule has 1 unspecified atom stereocenters. The fourth-order valence-corrected chi connectivity index (χ4v) is 2.86. The Labute approximate surface area is 159 Å². The quantitative estimate of drug-likeness (QED) is 0.725. The lowest BCUT2D eigenvalue weighted by atomic mass is 10.0. The molecule has 27 heavy (non-hydrogen) atoms. The van der Waals surface area contributed by atoms with Crippen molar-refractivity contribution in [2.75, 3.05) is 13.9 Å². The van der Waals surface area contributed by atoms with E-state index < -0.39 is 0 Å². The molecule has 5 nitrogen and oxygen atoms in total. The van der Waals surface area contributed by atoms with Crippen molar-refractivity contribution in [3.8, 4) is 5.75 Å². The molecule has 0 spiro atoms. The van der Waals surface area contributed by atoms with Gasteiger partial charge in [0.05, 0.1) is 7.11 Å². The summed E-state index contributed by atoms with van der Waals surface area (Å²) in [7, 11) is 1.62. The second-order valence-electron chi connectivity index (χ2n) is 6.22. The normalized spacial score (nSPS) is 14.2. The van der Waals surface area contributed by atoms with Gasteiger partial charge in [-0.3, -0.25) is 4.79 Å². The van der Waals surface area contributed by atoms with Gasteiger partial charge in [-0.2, -0.15) is 0 Å². The molecule has 0 aromatic heterocycles. The van der Waals surface area contributed by atoms with Gasteiger partial charge in [-0.05, 0) is 35.8 Å². The van der Waals surface area contributed by atoms with Crippen LogP contribution in [0, 0.1) is 0 Å². The summed E-state index contributed by atoms with van der Waals surface area (Å²) in [6.45, 7) is 0.233. The van der Waals surface area contributed by atoms with Gasteiger partial charge in [-0.15, -0.1) is 0 Å². The topological polar surface area (TPSA) is 56.8 Å². The molecule has 0 radical (unpaired) electrons. The van der Waals surface area contributed by atoms with Gasteiger partial charge >= 0.3 is 0 Å². The minimum Gasteiger partial charge on any atom is -0.497 e. The minimum absolute atomic E-state index is 0.0946. The summed E-state index contributed by atoms with van der Waals surface area (Å²) in [6.07, 6.45) is 6.20. The van der Waals surface area contributed by atoms with Crippen molar-refractivity contribution in [1.82, 2.24) is 5.32 Å². The Morgan fingerprint density at radius 1 is 1.19 bits per heavy atom. The van der Waals surface area contributed by atoms with Crippen molar-refractivity contribution >= 4 is 12.0 Å². The third-order valence-corrected chi connectivity index (χ3v) is 4.17. The zero-order valence-corrected chi connectivity index (χ0v) is 15.3. The lowest BCUT2D eigenvalue weighted by molar-refractivity contribution is -0.117. The smallest absolute Gasteiger partial charge is 0.244 e. The summed E-state index contributed by atoms with van der Waals surface area (Å²) < 4.78 is 15.7. The molecule has 0 fully saturated rings. The molecule has 140 valence electrons. The molecule has 1 heterocycles. The molecule has 1 aliphatic rings. The third kappa shape index (κ3) is 5.92. The number of benzene rings is 2. The van der Waals surface area contributed by atoms with Crippen LogP contribution in [0.2, 0.25) is 0 Å². The van der Waals surface area contributed by atoms with Crippen LogP contribution in [-0.2, 0) is 20.7 Å². The lowest BCUT2D eigenvalue weighted by Gasteiger charge is -2.18. The first-order valence-corrected chi connectivity index (χ1v) is 8.83. The van der Waals surface area contributed by atoms with Gasteiger partial charge in [-0.25, -0.2) is 0 Å². The Morgan fingerprint density at radius 3 is 2.78 bits per heavy atom. The number of carbonyl (C=O) groups is 1. The average Bonchev–Trinajstić information content (AvgIpc) is 3.20. The summed E-state index contributed by atoms with van der Waals surface area (Å²) in [5, 5.41) is 3.06. The molecule has 1 aliphatic heterocycles. The Hall–Kier alpha value is -3.21. The van der Waals surface area contributed by atoms with Crippen molar-refractivity contribution in [3.05, 3.63) is 83.8 Å². The number of hydrogen-bond donors (Lipinski definition) is 1. The second-order valence-corrected chi connectivity index (χ2v) is 6.22. The highest BCUT2D eigenvalue weighted by Crippen LogP contribution is 2.17. The van der Waals surface area contributed by atoms with E-state index in [9.17, 15) is 4.79 Å². The zero-order chi connectivity index (χ0) is 18.9. The van der Waals surface area contributed by atoms with Gasteiger partial charge in [-0.1, -0.05) is 42.5 Å². The molecule has 2 aromatic carbocycles. The van der Waals surface area contributed by atoms with Gasteiger partial charge in [0, 0.05) is 18.5 Å². The Balaban J connectivity index is 1.64. The SMILES string of the molecule is COc1cccc(C=CC(=O)NC(CC2=COCO2)Cc2ccccc2)c1. The maximum absolute atomic E-state index is 12.4. The molecule has 3 rings (SSSR count). The second kappa shape index (κ2) is 9.48. The molecule has 1 N–H and O–H groups in total. The fourth-order valence-electron chi connectivity index (χ4n) is 2.86. The van der Waals surface area contributed by atoms with Crippen LogP contribution in [0.15, 0.2) is 72.7 Å². The number of hydrogen-bond acceptors (Lipinski definition) is 4. The number of amides is 1. The number of methoxy groups -OCH3 is 1. The number of rotatable bonds is 8. The minimum atomic E-state index is -0.154. The van der Waals surface area contributed by atoms with Gasteiger partial charge in [0.2, 0.25) is 12.7 Å². The first-order valence-electron chi connectivity index (χ1n) is 8.83. The first-order chi connectivity index (χ1) is 13.2. The summed E-state index contributed by atoms with van der Waals surface area (Å²) in [4.78, 5) is 12.4. The van der Waals surface area contributed by atoms with Crippen molar-refractivity contribution in [1.29, 1.82) is 0 Å². The molecule has 0 aliphatic carbocycles. The van der Waals surface area contributed by atoms with Gasteiger partial charge in [0.1, 0.15) is 17.8 Å². The molecule has 2 aromatic rings. The van der Waals surface area contributed by atoms with Crippen LogP contribution in [0.25, 0.3) is 6.08 Å². The average molecular weight is 365 g/mol. The van der Waals surface area contributed by atoms with Crippen molar-refractivity contribution < 1.29 is 19.0 Å². The van der Waals surface area contributed by atoms with Gasteiger partial charge in [0.25, 0.3) is 0 Å². The fraction of sp³-hybridized carbons (Fsp3) is 0.227. The zero-order valence-electron chi connectivity index (χ0n) is 15.3. The Bertz CT molecular complexity index is 814. The van der Waals surface area contributed by atoms with Crippen molar-refractivity contribution in [2.24, 2.45) is 0 Å². The molecule has 1 amide bonds. The van der Waals surface area contributed by atoms with Crippen LogP contribution >= 0.6 is 0 Å². The van der Waals surface area contributed by atoms with Gasteiger partial charge in [0.15, 0.2) is 0 Å². The Kier molecular flexibility index (Phi) is 6.52. The summed E-state index contributed by atoms with van der Waals surface area (Å²) in [6, 6.07) is 17.5. The maximum Gasteiger partial charge on any atom is 0.244 e.